The van der Waals surface area contributed by atoms with E-state index in [1.165, 1.54) is 17.4 Å². The molecule has 3 aromatic rings. The summed E-state index contributed by atoms with van der Waals surface area (Å²) in [4.78, 5) is 28.9. The quantitative estimate of drug-likeness (QED) is 0.504. The van der Waals surface area contributed by atoms with Gasteiger partial charge in [0, 0.05) is 37.4 Å². The SMILES string of the molecule is COc1ccc(C(=O)NCc2nnc(SCC(=O)N3CCN(c4ccccc4)CC3)o2)cc1. The monoisotopic (exact) mass is 467 g/mol. The van der Waals surface area contributed by atoms with Gasteiger partial charge in [0.1, 0.15) is 5.75 Å². The number of para-hydroxylation sites is 1. The van der Waals surface area contributed by atoms with Gasteiger partial charge in [0.05, 0.1) is 19.4 Å². The van der Waals surface area contributed by atoms with Crippen molar-refractivity contribution in [3.05, 3.63) is 66.1 Å². The van der Waals surface area contributed by atoms with E-state index in [1.807, 2.05) is 23.1 Å². The number of methoxy groups -OCH3 is 1. The Morgan fingerprint density at radius 1 is 1.03 bits per heavy atom. The molecule has 0 aliphatic carbocycles. The van der Waals surface area contributed by atoms with Gasteiger partial charge >= 0.3 is 0 Å². The van der Waals surface area contributed by atoms with Gasteiger partial charge in [0.15, 0.2) is 0 Å². The van der Waals surface area contributed by atoms with Crippen molar-refractivity contribution in [3.8, 4) is 5.75 Å². The van der Waals surface area contributed by atoms with Crippen LogP contribution in [-0.4, -0.2) is 66.0 Å². The summed E-state index contributed by atoms with van der Waals surface area (Å²) in [5.74, 6) is 0.974. The molecule has 0 unspecified atom stereocenters. The zero-order valence-electron chi connectivity index (χ0n) is 18.3. The maximum Gasteiger partial charge on any atom is 0.277 e. The summed E-state index contributed by atoms with van der Waals surface area (Å²) < 4.78 is 10.6. The Labute approximate surface area is 196 Å². The van der Waals surface area contributed by atoms with Crippen molar-refractivity contribution in [2.24, 2.45) is 0 Å². The summed E-state index contributed by atoms with van der Waals surface area (Å²) in [6.07, 6.45) is 0. The van der Waals surface area contributed by atoms with Gasteiger partial charge in [-0.25, -0.2) is 0 Å². The van der Waals surface area contributed by atoms with Crippen molar-refractivity contribution < 1.29 is 18.7 Å². The average molecular weight is 468 g/mol. The molecule has 1 aromatic heterocycles. The molecule has 1 saturated heterocycles. The van der Waals surface area contributed by atoms with Crippen LogP contribution in [0.4, 0.5) is 5.69 Å². The van der Waals surface area contributed by atoms with E-state index in [1.54, 1.807) is 31.4 Å². The first kappa shape index (κ1) is 22.7. The van der Waals surface area contributed by atoms with Crippen LogP contribution in [-0.2, 0) is 11.3 Å². The molecular weight excluding hydrogens is 442 g/mol. The molecular formula is C23H25N5O4S. The Morgan fingerprint density at radius 2 is 1.76 bits per heavy atom. The van der Waals surface area contributed by atoms with Gasteiger partial charge in [-0.05, 0) is 36.4 Å². The Hall–Kier alpha value is -3.53. The maximum atomic E-state index is 12.6. The molecule has 2 amide bonds. The Bertz CT molecular complexity index is 1070. The first-order valence-corrected chi connectivity index (χ1v) is 11.6. The van der Waals surface area contributed by atoms with Crippen molar-refractivity contribution in [1.82, 2.24) is 20.4 Å². The number of thioether (sulfide) groups is 1. The molecule has 9 nitrogen and oxygen atoms in total. The van der Waals surface area contributed by atoms with Crippen LogP contribution in [0.3, 0.4) is 0 Å². The molecule has 2 heterocycles. The molecule has 2 aromatic carbocycles. The number of carbonyl (C=O) groups is 2. The van der Waals surface area contributed by atoms with Gasteiger partial charge in [-0.2, -0.15) is 0 Å². The molecule has 1 fully saturated rings. The van der Waals surface area contributed by atoms with Gasteiger partial charge < -0.3 is 24.3 Å². The zero-order chi connectivity index (χ0) is 23.0. The normalized spacial score (nSPS) is 13.6. The zero-order valence-corrected chi connectivity index (χ0v) is 19.1. The van der Waals surface area contributed by atoms with Gasteiger partial charge in [-0.1, -0.05) is 30.0 Å². The van der Waals surface area contributed by atoms with Crippen molar-refractivity contribution in [2.75, 3.05) is 43.9 Å². The van der Waals surface area contributed by atoms with Gasteiger partial charge in [-0.3, -0.25) is 9.59 Å². The van der Waals surface area contributed by atoms with Crippen LogP contribution in [0.5, 0.6) is 5.75 Å². The van der Waals surface area contributed by atoms with Gasteiger partial charge in [0.2, 0.25) is 11.8 Å². The summed E-state index contributed by atoms with van der Waals surface area (Å²) in [7, 11) is 1.57. The number of hydrogen-bond donors (Lipinski definition) is 1. The third-order valence-electron chi connectivity index (χ3n) is 5.27. The number of nitrogens with zero attached hydrogens (tertiary/aromatic N) is 4. The highest BCUT2D eigenvalue weighted by atomic mass is 32.2. The number of piperazine rings is 1. The van der Waals surface area contributed by atoms with Gasteiger partial charge in [0.25, 0.3) is 11.1 Å². The fourth-order valence-electron chi connectivity index (χ4n) is 3.44. The molecule has 1 aliphatic rings. The molecule has 0 saturated carbocycles. The van der Waals surface area contributed by atoms with Crippen LogP contribution >= 0.6 is 11.8 Å². The van der Waals surface area contributed by atoms with E-state index in [2.05, 4.69) is 32.5 Å². The topological polar surface area (TPSA) is 101 Å². The predicted octanol–water partition coefficient (Wildman–Crippen LogP) is 2.45. The molecule has 1 N–H and O–H groups in total. The van der Waals surface area contributed by atoms with E-state index >= 15 is 0 Å². The largest absolute Gasteiger partial charge is 0.497 e. The molecule has 33 heavy (non-hydrogen) atoms. The lowest BCUT2D eigenvalue weighted by atomic mass is 10.2. The van der Waals surface area contributed by atoms with E-state index in [9.17, 15) is 9.59 Å². The van der Waals surface area contributed by atoms with Gasteiger partial charge in [-0.15, -0.1) is 10.2 Å². The first-order valence-electron chi connectivity index (χ1n) is 10.6. The fraction of sp³-hybridized carbons (Fsp3) is 0.304. The first-order chi connectivity index (χ1) is 16.1. The number of carbonyl (C=O) groups excluding carboxylic acids is 2. The molecule has 1 aliphatic heterocycles. The standard InChI is InChI=1S/C23H25N5O4S/c1-31-19-9-7-17(8-10-19)22(30)24-15-20-25-26-23(32-20)33-16-21(29)28-13-11-27(12-14-28)18-5-3-2-4-6-18/h2-10H,11-16H2,1H3,(H,24,30). The average Bonchev–Trinajstić information content (AvgIpc) is 3.34. The van der Waals surface area contributed by atoms with E-state index in [4.69, 9.17) is 9.15 Å². The number of benzene rings is 2. The van der Waals surface area contributed by atoms with Crippen LogP contribution in [0.15, 0.2) is 64.2 Å². The van der Waals surface area contributed by atoms with Crippen molar-refractivity contribution >= 4 is 29.3 Å². The smallest absolute Gasteiger partial charge is 0.277 e. The maximum absolute atomic E-state index is 12.6. The minimum Gasteiger partial charge on any atom is -0.497 e. The predicted molar refractivity (Wildman–Crippen MR) is 124 cm³/mol. The van der Waals surface area contributed by atoms with Crippen molar-refractivity contribution in [3.63, 3.8) is 0 Å². The van der Waals surface area contributed by atoms with E-state index in [0.717, 1.165) is 13.1 Å². The minimum atomic E-state index is -0.255. The number of nitrogens with one attached hydrogen (secondary N) is 1. The third-order valence-corrected chi connectivity index (χ3v) is 6.08. The number of ether oxygens (including phenoxy) is 1. The third kappa shape index (κ3) is 6.04. The minimum absolute atomic E-state index is 0.0419. The summed E-state index contributed by atoms with van der Waals surface area (Å²) in [5.41, 5.74) is 1.68. The summed E-state index contributed by atoms with van der Waals surface area (Å²) >= 11 is 1.20. The van der Waals surface area contributed by atoms with Crippen LogP contribution in [0, 0.1) is 0 Å². The Morgan fingerprint density at radius 3 is 2.45 bits per heavy atom. The highest BCUT2D eigenvalue weighted by Crippen LogP contribution is 2.19. The second-order valence-corrected chi connectivity index (χ2v) is 8.29. The van der Waals surface area contributed by atoms with Crippen LogP contribution in [0.2, 0.25) is 0 Å². The number of hydrogen-bond acceptors (Lipinski definition) is 8. The number of anilines is 1. The molecule has 172 valence electrons. The molecule has 0 bridgehead atoms. The molecule has 0 radical (unpaired) electrons. The summed E-state index contributed by atoms with van der Waals surface area (Å²) in [5, 5.41) is 10.9. The second kappa shape index (κ2) is 10.9. The highest BCUT2D eigenvalue weighted by molar-refractivity contribution is 7.99. The van der Waals surface area contributed by atoms with E-state index in [0.29, 0.717) is 29.6 Å². The lowest BCUT2D eigenvalue weighted by Gasteiger charge is -2.36. The molecule has 0 spiro atoms. The van der Waals surface area contributed by atoms with Crippen molar-refractivity contribution in [1.29, 1.82) is 0 Å². The number of rotatable bonds is 8. The lowest BCUT2D eigenvalue weighted by Crippen LogP contribution is -2.49. The summed E-state index contributed by atoms with van der Waals surface area (Å²) in [6, 6.07) is 17.0. The lowest BCUT2D eigenvalue weighted by molar-refractivity contribution is -0.128. The highest BCUT2D eigenvalue weighted by Gasteiger charge is 2.22. The van der Waals surface area contributed by atoms with Crippen molar-refractivity contribution in [2.45, 2.75) is 11.8 Å². The van der Waals surface area contributed by atoms with Crippen LogP contribution < -0.4 is 15.0 Å². The Kier molecular flexibility index (Phi) is 7.46. The molecule has 0 atom stereocenters. The van der Waals surface area contributed by atoms with Crippen LogP contribution in [0.25, 0.3) is 0 Å². The molecule has 10 heteroatoms. The van der Waals surface area contributed by atoms with Crippen LogP contribution in [0.1, 0.15) is 16.2 Å². The number of amides is 2. The summed E-state index contributed by atoms with van der Waals surface area (Å²) in [6.45, 7) is 3.08. The molecule has 4 rings (SSSR count). The number of aromatic nitrogens is 2. The second-order valence-electron chi connectivity index (χ2n) is 7.36. The van der Waals surface area contributed by atoms with E-state index < -0.39 is 0 Å². The fourth-order valence-corrected chi connectivity index (χ4v) is 4.12. The van der Waals surface area contributed by atoms with E-state index in [-0.39, 0.29) is 30.0 Å². The Balaban J connectivity index is 1.19.